The van der Waals surface area contributed by atoms with Crippen LogP contribution in [0.3, 0.4) is 0 Å². The molecule has 0 atom stereocenters. The lowest BCUT2D eigenvalue weighted by atomic mass is 10.0. The van der Waals surface area contributed by atoms with Crippen molar-refractivity contribution in [3.05, 3.63) is 36.4 Å². The fourth-order valence-electron chi connectivity index (χ4n) is 4.23. The maximum atomic E-state index is 5.89. The molecule has 2 aliphatic heterocycles. The van der Waals surface area contributed by atoms with Gasteiger partial charge in [0.2, 0.25) is 18.6 Å². The van der Waals surface area contributed by atoms with Crippen LogP contribution < -0.4 is 24.4 Å². The quantitative estimate of drug-likeness (QED) is 0.527. The highest BCUT2D eigenvalue weighted by Crippen LogP contribution is 2.38. The highest BCUT2D eigenvalue weighted by molar-refractivity contribution is 6.07. The molecule has 4 aromatic rings. The van der Waals surface area contributed by atoms with Gasteiger partial charge in [-0.05, 0) is 36.2 Å². The first-order chi connectivity index (χ1) is 15.3. The van der Waals surface area contributed by atoms with E-state index in [9.17, 15) is 0 Å². The third kappa shape index (κ3) is 3.11. The van der Waals surface area contributed by atoms with E-state index in [0.29, 0.717) is 12.5 Å². The van der Waals surface area contributed by atoms with E-state index in [2.05, 4.69) is 33.4 Å². The Bertz CT molecular complexity index is 1280. The summed E-state index contributed by atoms with van der Waals surface area (Å²) >= 11 is 0. The number of aromatic nitrogens is 3. The Morgan fingerprint density at radius 2 is 1.81 bits per heavy atom. The van der Waals surface area contributed by atoms with Gasteiger partial charge in [-0.2, -0.15) is 4.98 Å². The Morgan fingerprint density at radius 3 is 2.68 bits per heavy atom. The molecule has 1 fully saturated rings. The molecule has 0 amide bonds. The van der Waals surface area contributed by atoms with Gasteiger partial charge < -0.3 is 29.4 Å². The minimum atomic E-state index is 0.272. The number of fused-ring (bicyclic) bond motifs is 4. The first-order valence-electron chi connectivity index (χ1n) is 10.6. The van der Waals surface area contributed by atoms with Crippen LogP contribution in [0.25, 0.3) is 33.1 Å². The molecule has 0 aliphatic carbocycles. The molecule has 0 bridgehead atoms. The molecule has 158 valence electrons. The zero-order valence-electron chi connectivity index (χ0n) is 17.3. The van der Waals surface area contributed by atoms with Gasteiger partial charge in [-0.25, -0.2) is 4.98 Å². The van der Waals surface area contributed by atoms with Crippen molar-refractivity contribution in [3.8, 4) is 28.5 Å². The average Bonchev–Trinajstić information content (AvgIpc) is 3.43. The Kier molecular flexibility index (Phi) is 4.31. The van der Waals surface area contributed by atoms with Crippen LogP contribution in [0.15, 0.2) is 36.4 Å². The SMILES string of the molecule is CCOc1nc(N2CCNCC2)nc2c1[nH]c1cc(-c3ccc4c(c3)OCO4)ccc12. The molecule has 2 N–H and O–H groups in total. The molecular formula is C23H23N5O3. The number of anilines is 1. The van der Waals surface area contributed by atoms with Crippen LogP contribution in [0.1, 0.15) is 6.92 Å². The third-order valence-electron chi connectivity index (χ3n) is 5.79. The lowest BCUT2D eigenvalue weighted by Crippen LogP contribution is -2.44. The van der Waals surface area contributed by atoms with E-state index in [1.807, 2.05) is 25.1 Å². The molecule has 2 aliphatic rings. The number of benzene rings is 2. The lowest BCUT2D eigenvalue weighted by molar-refractivity contribution is 0.174. The number of H-pyrrole nitrogens is 1. The van der Waals surface area contributed by atoms with Crippen molar-refractivity contribution < 1.29 is 14.2 Å². The van der Waals surface area contributed by atoms with Crippen LogP contribution in [-0.2, 0) is 0 Å². The fourth-order valence-corrected chi connectivity index (χ4v) is 4.23. The van der Waals surface area contributed by atoms with E-state index < -0.39 is 0 Å². The molecule has 0 spiro atoms. The number of ether oxygens (including phenoxy) is 3. The molecule has 31 heavy (non-hydrogen) atoms. The van der Waals surface area contributed by atoms with E-state index in [-0.39, 0.29) is 6.79 Å². The summed E-state index contributed by atoms with van der Waals surface area (Å²) in [5, 5.41) is 4.43. The van der Waals surface area contributed by atoms with Crippen LogP contribution >= 0.6 is 0 Å². The zero-order valence-corrected chi connectivity index (χ0v) is 17.3. The number of nitrogens with zero attached hydrogens (tertiary/aromatic N) is 3. The summed E-state index contributed by atoms with van der Waals surface area (Å²) in [6.07, 6.45) is 0. The van der Waals surface area contributed by atoms with Gasteiger partial charge >= 0.3 is 0 Å². The summed E-state index contributed by atoms with van der Waals surface area (Å²) in [4.78, 5) is 15.3. The van der Waals surface area contributed by atoms with Crippen LogP contribution in [0.5, 0.6) is 17.4 Å². The summed E-state index contributed by atoms with van der Waals surface area (Å²) in [5.74, 6) is 2.88. The smallest absolute Gasteiger partial charge is 0.243 e. The highest BCUT2D eigenvalue weighted by atomic mass is 16.7. The number of hydrogen-bond donors (Lipinski definition) is 2. The normalized spacial score (nSPS) is 15.7. The second-order valence-electron chi connectivity index (χ2n) is 7.68. The molecule has 1 saturated heterocycles. The van der Waals surface area contributed by atoms with Gasteiger partial charge in [-0.15, -0.1) is 0 Å². The topological polar surface area (TPSA) is 84.5 Å². The highest BCUT2D eigenvalue weighted by Gasteiger charge is 2.20. The van der Waals surface area contributed by atoms with Crippen molar-refractivity contribution in [2.24, 2.45) is 0 Å². The maximum absolute atomic E-state index is 5.89. The number of nitrogens with one attached hydrogen (secondary N) is 2. The van der Waals surface area contributed by atoms with Crippen LogP contribution in [0, 0.1) is 0 Å². The zero-order chi connectivity index (χ0) is 20.8. The molecule has 8 nitrogen and oxygen atoms in total. The van der Waals surface area contributed by atoms with Gasteiger partial charge in [0.25, 0.3) is 0 Å². The minimum Gasteiger partial charge on any atom is -0.476 e. The second kappa shape index (κ2) is 7.31. The Labute approximate surface area is 179 Å². The molecule has 6 rings (SSSR count). The monoisotopic (exact) mass is 417 g/mol. The summed E-state index contributed by atoms with van der Waals surface area (Å²) < 4.78 is 16.9. The maximum Gasteiger partial charge on any atom is 0.243 e. The molecule has 0 radical (unpaired) electrons. The van der Waals surface area contributed by atoms with Crippen molar-refractivity contribution in [1.82, 2.24) is 20.3 Å². The van der Waals surface area contributed by atoms with Crippen LogP contribution in [0.4, 0.5) is 5.95 Å². The second-order valence-corrected chi connectivity index (χ2v) is 7.68. The minimum absolute atomic E-state index is 0.272. The van der Waals surface area contributed by atoms with Crippen molar-refractivity contribution in [3.63, 3.8) is 0 Å². The molecule has 2 aromatic carbocycles. The number of rotatable bonds is 4. The predicted molar refractivity (Wildman–Crippen MR) is 119 cm³/mol. The van der Waals surface area contributed by atoms with Gasteiger partial charge in [-0.1, -0.05) is 18.2 Å². The molecule has 2 aromatic heterocycles. The fraction of sp³-hybridized carbons (Fsp3) is 0.304. The van der Waals surface area contributed by atoms with E-state index in [1.165, 1.54) is 0 Å². The summed E-state index contributed by atoms with van der Waals surface area (Å²) in [5.41, 5.74) is 4.88. The summed E-state index contributed by atoms with van der Waals surface area (Å²) in [6.45, 7) is 6.41. The largest absolute Gasteiger partial charge is 0.476 e. The van der Waals surface area contributed by atoms with Gasteiger partial charge in [0.1, 0.15) is 11.0 Å². The van der Waals surface area contributed by atoms with E-state index >= 15 is 0 Å². The first kappa shape index (κ1) is 18.3. The molecule has 0 unspecified atom stereocenters. The van der Waals surface area contributed by atoms with Gasteiger partial charge in [0.05, 0.1) is 6.61 Å². The first-order valence-corrected chi connectivity index (χ1v) is 10.6. The lowest BCUT2D eigenvalue weighted by Gasteiger charge is -2.27. The number of piperazine rings is 1. The van der Waals surface area contributed by atoms with Crippen LogP contribution in [-0.4, -0.2) is 54.5 Å². The standard InChI is InChI=1S/C23H23N5O3/c1-2-29-22-21-20(26-23(27-22)28-9-7-24-8-10-28)16-5-3-14(11-17(16)25-21)15-4-6-18-19(12-15)31-13-30-18/h3-6,11-12,24-25H,2,7-10,13H2,1H3. The van der Waals surface area contributed by atoms with Crippen molar-refractivity contribution in [2.45, 2.75) is 6.92 Å². The molecular weight excluding hydrogens is 394 g/mol. The summed E-state index contributed by atoms with van der Waals surface area (Å²) in [7, 11) is 0. The average molecular weight is 417 g/mol. The molecule has 4 heterocycles. The Morgan fingerprint density at radius 1 is 1.00 bits per heavy atom. The van der Waals surface area contributed by atoms with Crippen molar-refractivity contribution in [2.75, 3.05) is 44.5 Å². The van der Waals surface area contributed by atoms with Gasteiger partial charge in [0.15, 0.2) is 11.5 Å². The van der Waals surface area contributed by atoms with E-state index in [4.69, 9.17) is 24.2 Å². The van der Waals surface area contributed by atoms with Gasteiger partial charge in [0, 0.05) is 37.1 Å². The van der Waals surface area contributed by atoms with E-state index in [0.717, 1.165) is 76.7 Å². The Balaban J connectivity index is 1.47. The van der Waals surface area contributed by atoms with Crippen LogP contribution in [0.2, 0.25) is 0 Å². The summed E-state index contributed by atoms with van der Waals surface area (Å²) in [6, 6.07) is 12.4. The van der Waals surface area contributed by atoms with Crippen molar-refractivity contribution >= 4 is 27.9 Å². The predicted octanol–water partition coefficient (Wildman–Crippen LogP) is 3.32. The third-order valence-corrected chi connectivity index (χ3v) is 5.79. The van der Waals surface area contributed by atoms with Crippen molar-refractivity contribution in [1.29, 1.82) is 0 Å². The Hall–Kier alpha value is -3.52. The molecule has 0 saturated carbocycles. The van der Waals surface area contributed by atoms with E-state index in [1.54, 1.807) is 0 Å². The molecule has 8 heteroatoms. The number of hydrogen-bond acceptors (Lipinski definition) is 7. The van der Waals surface area contributed by atoms with Gasteiger partial charge in [-0.3, -0.25) is 0 Å². The number of aromatic amines is 1.